The molecule has 322 valence electrons. The number of ketones is 1. The van der Waals surface area contributed by atoms with Crippen LogP contribution in [0.25, 0.3) is 22.2 Å². The van der Waals surface area contributed by atoms with Crippen molar-refractivity contribution in [3.05, 3.63) is 97.6 Å². The van der Waals surface area contributed by atoms with E-state index in [0.717, 1.165) is 5.56 Å². The standard InChI is InChI=1S/C44H50N6O10S/c1-7-37(51)46-24-34(48-41(55)60-42(3,4)5)39(53)50-25-29(59-36-23-32(27-15-11-9-12-16-27)47-33-21-28(58-6)19-20-31(33)36)22-35(50)38(52)43(8-2)26-44(43,45)40(54)49-61(56,57)30-17-13-10-14-18-30/h8-21,23,29,34-35H,2,7,22,24-26,45H2,1,3-6H3,(H,46,51)(H,48,55)(H,49,54)/t29-,34+,35+,43+,44+/m1/s1. The Balaban J connectivity index is 1.37. The van der Waals surface area contributed by atoms with E-state index in [2.05, 4.69) is 17.2 Å². The van der Waals surface area contributed by atoms with Crippen molar-refractivity contribution in [1.29, 1.82) is 0 Å². The summed E-state index contributed by atoms with van der Waals surface area (Å²) in [6.45, 7) is 9.84. The predicted octanol–water partition coefficient (Wildman–Crippen LogP) is 4.03. The van der Waals surface area contributed by atoms with Gasteiger partial charge in [-0.05, 0) is 51.5 Å². The Morgan fingerprint density at radius 1 is 1.02 bits per heavy atom. The Labute approximate surface area is 354 Å². The Morgan fingerprint density at radius 3 is 2.31 bits per heavy atom. The smallest absolute Gasteiger partial charge is 0.408 e. The number of fused-ring (bicyclic) bond motifs is 1. The second-order valence-corrected chi connectivity index (χ2v) is 17.7. The van der Waals surface area contributed by atoms with E-state index in [4.69, 9.17) is 24.9 Å². The first-order valence-electron chi connectivity index (χ1n) is 19.7. The van der Waals surface area contributed by atoms with Crippen molar-refractivity contribution in [1.82, 2.24) is 25.2 Å². The number of ether oxygens (including phenoxy) is 3. The van der Waals surface area contributed by atoms with Crippen molar-refractivity contribution < 1.29 is 46.6 Å². The maximum atomic E-state index is 15.0. The molecule has 0 unspecified atom stereocenters. The number of hydrogen-bond donors (Lipinski definition) is 4. The molecule has 3 aromatic carbocycles. The average molecular weight is 855 g/mol. The summed E-state index contributed by atoms with van der Waals surface area (Å²) in [5.41, 5.74) is 3.73. The van der Waals surface area contributed by atoms with Gasteiger partial charge in [0.05, 0.1) is 41.2 Å². The number of nitrogens with one attached hydrogen (secondary N) is 3. The monoisotopic (exact) mass is 854 g/mol. The number of rotatable bonds is 15. The summed E-state index contributed by atoms with van der Waals surface area (Å²) in [7, 11) is -2.84. The highest BCUT2D eigenvalue weighted by Crippen LogP contribution is 2.58. The maximum absolute atomic E-state index is 15.0. The Morgan fingerprint density at radius 2 is 1.69 bits per heavy atom. The number of carbonyl (C=O) groups is 5. The van der Waals surface area contributed by atoms with Gasteiger partial charge in [0.15, 0.2) is 5.78 Å². The number of hydrogen-bond acceptors (Lipinski definition) is 12. The van der Waals surface area contributed by atoms with Crippen molar-refractivity contribution in [3.8, 4) is 22.8 Å². The van der Waals surface area contributed by atoms with Gasteiger partial charge in [-0.25, -0.2) is 22.9 Å². The number of sulfonamides is 1. The summed E-state index contributed by atoms with van der Waals surface area (Å²) < 4.78 is 45.9. The van der Waals surface area contributed by atoms with E-state index in [1.165, 1.54) is 42.4 Å². The van der Waals surface area contributed by atoms with Gasteiger partial charge in [0.25, 0.3) is 15.9 Å². The summed E-state index contributed by atoms with van der Waals surface area (Å²) in [6.07, 6.45) is -0.933. The number of Topliss-reactive ketones (excluding diaryl/α,β-unsaturated/α-hetero) is 1. The van der Waals surface area contributed by atoms with E-state index in [0.29, 0.717) is 28.1 Å². The highest BCUT2D eigenvalue weighted by molar-refractivity contribution is 7.90. The molecule has 1 saturated carbocycles. The number of nitrogens with two attached hydrogens (primary N) is 1. The molecule has 1 aliphatic heterocycles. The van der Waals surface area contributed by atoms with Crippen molar-refractivity contribution >= 4 is 50.5 Å². The summed E-state index contributed by atoms with van der Waals surface area (Å²) in [4.78, 5) is 74.8. The minimum Gasteiger partial charge on any atom is -0.497 e. The normalized spacial score (nSPS) is 21.4. The van der Waals surface area contributed by atoms with Crippen molar-refractivity contribution in [2.24, 2.45) is 11.1 Å². The molecule has 0 bridgehead atoms. The second-order valence-electron chi connectivity index (χ2n) is 16.0. The number of amides is 4. The number of benzene rings is 3. The number of carbonyl (C=O) groups excluding carboxylic acids is 5. The van der Waals surface area contributed by atoms with Crippen LogP contribution in [0.5, 0.6) is 11.5 Å². The van der Waals surface area contributed by atoms with Crippen molar-refractivity contribution in [2.75, 3.05) is 20.2 Å². The third-order valence-electron chi connectivity index (χ3n) is 10.7. The largest absolute Gasteiger partial charge is 0.497 e. The zero-order valence-electron chi connectivity index (χ0n) is 34.6. The molecular formula is C44H50N6O10S. The van der Waals surface area contributed by atoms with Crippen LogP contribution in [-0.2, 0) is 33.9 Å². The molecule has 4 aromatic rings. The van der Waals surface area contributed by atoms with Crippen LogP contribution in [-0.4, -0.2) is 97.4 Å². The fraction of sp³-hybridized carbons (Fsp3) is 0.364. The van der Waals surface area contributed by atoms with E-state index < -0.39 is 74.4 Å². The molecular weight excluding hydrogens is 805 g/mol. The molecule has 0 radical (unpaired) electrons. The van der Waals surface area contributed by atoms with Crippen LogP contribution in [0, 0.1) is 5.41 Å². The van der Waals surface area contributed by atoms with E-state index >= 15 is 0 Å². The molecule has 5 atom stereocenters. The highest BCUT2D eigenvalue weighted by Gasteiger charge is 2.74. The Bertz CT molecular complexity index is 2460. The van der Waals surface area contributed by atoms with Crippen LogP contribution < -0.4 is 30.6 Å². The summed E-state index contributed by atoms with van der Waals surface area (Å²) in [5.74, 6) is -2.05. The van der Waals surface area contributed by atoms with Crippen LogP contribution in [0.1, 0.15) is 47.0 Å². The first-order chi connectivity index (χ1) is 28.8. The number of aromatic nitrogens is 1. The molecule has 61 heavy (non-hydrogen) atoms. The van der Waals surface area contributed by atoms with Crippen LogP contribution in [0.15, 0.2) is 102 Å². The molecule has 2 fully saturated rings. The lowest BCUT2D eigenvalue weighted by atomic mass is 9.88. The molecule has 1 saturated heterocycles. The zero-order chi connectivity index (χ0) is 44.3. The summed E-state index contributed by atoms with van der Waals surface area (Å²) >= 11 is 0. The van der Waals surface area contributed by atoms with Crippen LogP contribution >= 0.6 is 0 Å². The van der Waals surface area contributed by atoms with Crippen LogP contribution in [0.4, 0.5) is 4.79 Å². The van der Waals surface area contributed by atoms with Crippen molar-refractivity contribution in [3.63, 3.8) is 0 Å². The topological polar surface area (TPSA) is 225 Å². The minimum atomic E-state index is -4.38. The first-order valence-corrected chi connectivity index (χ1v) is 21.2. The first kappa shape index (κ1) is 44.2. The van der Waals surface area contributed by atoms with Gasteiger partial charge in [-0.2, -0.15) is 0 Å². The molecule has 2 aliphatic rings. The van der Waals surface area contributed by atoms with Gasteiger partial charge in [-0.3, -0.25) is 19.2 Å². The Hall–Kier alpha value is -6.33. The number of nitrogens with zero attached hydrogens (tertiary/aromatic N) is 2. The Kier molecular flexibility index (Phi) is 12.6. The third-order valence-corrected chi connectivity index (χ3v) is 12.1. The maximum Gasteiger partial charge on any atom is 0.408 e. The molecule has 2 heterocycles. The van der Waals surface area contributed by atoms with Gasteiger partial charge < -0.3 is 35.5 Å². The quantitative estimate of drug-likeness (QED) is 0.125. The zero-order valence-corrected chi connectivity index (χ0v) is 35.4. The van der Waals surface area contributed by atoms with Gasteiger partial charge >= 0.3 is 6.09 Å². The van der Waals surface area contributed by atoms with Crippen molar-refractivity contribution in [2.45, 2.75) is 81.2 Å². The summed E-state index contributed by atoms with van der Waals surface area (Å²) in [5, 5.41) is 5.79. The molecule has 6 rings (SSSR count). The fourth-order valence-corrected chi connectivity index (χ4v) is 8.47. The lowest BCUT2D eigenvalue weighted by Crippen LogP contribution is -2.58. The van der Waals surface area contributed by atoms with E-state index in [9.17, 15) is 32.4 Å². The van der Waals surface area contributed by atoms with Gasteiger partial charge in [0.1, 0.15) is 34.8 Å². The van der Waals surface area contributed by atoms with Gasteiger partial charge in [-0.15, -0.1) is 6.58 Å². The van der Waals surface area contributed by atoms with Crippen LogP contribution in [0.2, 0.25) is 0 Å². The summed E-state index contributed by atoms with van der Waals surface area (Å²) in [6, 6.07) is 20.9. The van der Waals surface area contributed by atoms with E-state index in [-0.39, 0.29) is 37.2 Å². The highest BCUT2D eigenvalue weighted by atomic mass is 32.2. The average Bonchev–Trinajstić information content (AvgIpc) is 3.68. The minimum absolute atomic E-state index is 0.0906. The predicted molar refractivity (Wildman–Crippen MR) is 226 cm³/mol. The number of likely N-dealkylation sites (tertiary alicyclic amines) is 1. The second kappa shape index (κ2) is 17.3. The van der Waals surface area contributed by atoms with Gasteiger partial charge in [-0.1, -0.05) is 61.5 Å². The van der Waals surface area contributed by atoms with E-state index in [1.54, 1.807) is 58.0 Å². The molecule has 1 aromatic heterocycles. The number of pyridine rings is 1. The van der Waals surface area contributed by atoms with Gasteiger partial charge in [0.2, 0.25) is 11.8 Å². The van der Waals surface area contributed by atoms with Crippen LogP contribution in [0.3, 0.4) is 0 Å². The lowest BCUT2D eigenvalue weighted by Gasteiger charge is -2.31. The number of methoxy groups -OCH3 is 1. The SMILES string of the molecule is C=C[C@@]1(C(=O)[C@@H]2C[C@@H](Oc3cc(-c4ccccc4)nc4cc(OC)ccc34)CN2C(=O)[C@H](CNC(=O)CC)NC(=O)OC(C)(C)C)C[C@]1(N)C(=O)NS(=O)(=O)c1ccccc1. The fourth-order valence-electron chi connectivity index (χ4n) is 7.41. The molecule has 1 aliphatic carbocycles. The molecule has 5 N–H and O–H groups in total. The molecule has 17 heteroatoms. The van der Waals surface area contributed by atoms with E-state index in [1.807, 2.05) is 35.1 Å². The lowest BCUT2D eigenvalue weighted by molar-refractivity contribution is -0.141. The molecule has 4 amide bonds. The molecule has 0 spiro atoms. The molecule has 16 nitrogen and oxygen atoms in total. The number of alkyl carbamates (subject to hydrolysis) is 1. The third kappa shape index (κ3) is 9.37. The van der Waals surface area contributed by atoms with Gasteiger partial charge in [0, 0.05) is 42.5 Å².